The van der Waals surface area contributed by atoms with Crippen molar-refractivity contribution < 1.29 is 5.11 Å². The Hall–Kier alpha value is -1.24. The lowest BCUT2D eigenvalue weighted by Crippen LogP contribution is -1.92. The molecule has 0 spiro atoms. The molecule has 15 heavy (non-hydrogen) atoms. The van der Waals surface area contributed by atoms with Crippen LogP contribution in [0.5, 0.6) is 5.75 Å². The molecule has 1 rings (SSSR count). The first-order valence-electron chi connectivity index (χ1n) is 5.47. The molecule has 1 N–H and O–H groups in total. The van der Waals surface area contributed by atoms with Gasteiger partial charge in [0.25, 0.3) is 0 Å². The third-order valence-corrected chi connectivity index (χ3v) is 2.59. The number of phenols is 1. The molecule has 0 radical (unpaired) electrons. The van der Waals surface area contributed by atoms with Gasteiger partial charge >= 0.3 is 0 Å². The average molecular weight is 204 g/mol. The van der Waals surface area contributed by atoms with E-state index in [1.54, 1.807) is 6.07 Å². The molecule has 1 nitrogen and oxygen atoms in total. The second kappa shape index (κ2) is 5.01. The van der Waals surface area contributed by atoms with Crippen molar-refractivity contribution in [3.63, 3.8) is 0 Å². The summed E-state index contributed by atoms with van der Waals surface area (Å²) in [6.45, 7) is 10.2. The van der Waals surface area contributed by atoms with Crippen LogP contribution >= 0.6 is 0 Å². The molecule has 0 aliphatic carbocycles. The van der Waals surface area contributed by atoms with Crippen LogP contribution in [0.2, 0.25) is 0 Å². The number of rotatable bonds is 4. The number of hydrogen-bond donors (Lipinski definition) is 1. The van der Waals surface area contributed by atoms with Crippen LogP contribution in [0.4, 0.5) is 0 Å². The first-order chi connectivity index (χ1) is 7.00. The molecule has 0 unspecified atom stereocenters. The van der Waals surface area contributed by atoms with Gasteiger partial charge in [-0.15, -0.1) is 6.58 Å². The summed E-state index contributed by atoms with van der Waals surface area (Å²) >= 11 is 0. The van der Waals surface area contributed by atoms with Crippen molar-refractivity contribution in [2.75, 3.05) is 0 Å². The van der Waals surface area contributed by atoms with E-state index in [0.29, 0.717) is 11.7 Å². The van der Waals surface area contributed by atoms with Gasteiger partial charge in [0, 0.05) is 0 Å². The molecule has 0 aliphatic heterocycles. The second-order valence-electron chi connectivity index (χ2n) is 4.50. The van der Waals surface area contributed by atoms with Gasteiger partial charge in [0.05, 0.1) is 0 Å². The van der Waals surface area contributed by atoms with E-state index in [1.165, 1.54) is 5.56 Å². The largest absolute Gasteiger partial charge is 0.508 e. The molecule has 0 bridgehead atoms. The molecule has 0 fully saturated rings. The predicted octanol–water partition coefficient (Wildman–Crippen LogP) is 4.02. The van der Waals surface area contributed by atoms with E-state index in [2.05, 4.69) is 26.5 Å². The first-order valence-corrected chi connectivity index (χ1v) is 5.47. The van der Waals surface area contributed by atoms with Crippen molar-refractivity contribution in [2.45, 2.75) is 39.5 Å². The Balaban J connectivity index is 2.85. The number of aryl methyl sites for hydroxylation is 1. The Morgan fingerprint density at radius 3 is 2.60 bits per heavy atom. The van der Waals surface area contributed by atoms with Crippen LogP contribution in [0.1, 0.15) is 44.2 Å². The van der Waals surface area contributed by atoms with E-state index < -0.39 is 0 Å². The van der Waals surface area contributed by atoms with Gasteiger partial charge in [0.15, 0.2) is 0 Å². The van der Waals surface area contributed by atoms with Gasteiger partial charge in [-0.25, -0.2) is 0 Å². The summed E-state index contributed by atoms with van der Waals surface area (Å²) in [6.07, 6.45) is 1.82. The van der Waals surface area contributed by atoms with Gasteiger partial charge in [0.2, 0.25) is 0 Å². The molecule has 1 aromatic carbocycles. The molecule has 1 heteroatoms. The number of benzene rings is 1. The van der Waals surface area contributed by atoms with Crippen molar-refractivity contribution in [1.82, 2.24) is 0 Å². The van der Waals surface area contributed by atoms with Crippen molar-refractivity contribution in [3.05, 3.63) is 41.5 Å². The minimum absolute atomic E-state index is 0.403. The Kier molecular flexibility index (Phi) is 3.96. The van der Waals surface area contributed by atoms with Gasteiger partial charge in [-0.05, 0) is 42.9 Å². The van der Waals surface area contributed by atoms with E-state index in [1.807, 2.05) is 13.0 Å². The smallest absolute Gasteiger partial charge is 0.118 e. The van der Waals surface area contributed by atoms with Gasteiger partial charge in [-0.3, -0.25) is 0 Å². The standard InChI is InChI=1S/C14H20O/c1-10(2)5-6-13-9-12(11(3)4)7-8-14(13)15/h7-9,11,15H,1,5-6H2,2-4H3. The number of allylic oxidation sites excluding steroid dienone is 1. The SMILES string of the molecule is C=C(C)CCc1cc(C(C)C)ccc1O. The van der Waals surface area contributed by atoms with E-state index in [-0.39, 0.29) is 0 Å². The van der Waals surface area contributed by atoms with E-state index in [9.17, 15) is 5.11 Å². The van der Waals surface area contributed by atoms with Crippen LogP contribution in [0.15, 0.2) is 30.4 Å². The zero-order valence-electron chi connectivity index (χ0n) is 9.88. The average Bonchev–Trinajstić information content (AvgIpc) is 2.16. The van der Waals surface area contributed by atoms with Gasteiger partial charge < -0.3 is 5.11 Å². The number of phenolic OH excluding ortho intramolecular Hbond substituents is 1. The van der Waals surface area contributed by atoms with Crippen molar-refractivity contribution in [3.8, 4) is 5.75 Å². The molecule has 0 heterocycles. The predicted molar refractivity (Wildman–Crippen MR) is 65.3 cm³/mol. The third kappa shape index (κ3) is 3.43. The van der Waals surface area contributed by atoms with Gasteiger partial charge in [-0.1, -0.05) is 31.6 Å². The van der Waals surface area contributed by atoms with Gasteiger partial charge in [-0.2, -0.15) is 0 Å². The second-order valence-corrected chi connectivity index (χ2v) is 4.50. The van der Waals surface area contributed by atoms with Crippen LogP contribution in [-0.2, 0) is 6.42 Å². The van der Waals surface area contributed by atoms with E-state index >= 15 is 0 Å². The lowest BCUT2D eigenvalue weighted by atomic mass is 9.97. The highest BCUT2D eigenvalue weighted by Gasteiger charge is 2.05. The molecule has 1 aromatic rings. The lowest BCUT2D eigenvalue weighted by Gasteiger charge is -2.10. The molecule has 0 atom stereocenters. The molecule has 0 amide bonds. The van der Waals surface area contributed by atoms with Gasteiger partial charge in [0.1, 0.15) is 5.75 Å². The van der Waals surface area contributed by atoms with E-state index in [4.69, 9.17) is 0 Å². The Morgan fingerprint density at radius 1 is 1.40 bits per heavy atom. The molecular weight excluding hydrogens is 184 g/mol. The lowest BCUT2D eigenvalue weighted by molar-refractivity contribution is 0.467. The maximum Gasteiger partial charge on any atom is 0.118 e. The summed E-state index contributed by atoms with van der Waals surface area (Å²) in [5.41, 5.74) is 3.47. The molecule has 0 aromatic heterocycles. The Bertz CT molecular complexity index is 350. The molecule has 0 saturated carbocycles. The molecule has 0 saturated heterocycles. The Morgan fingerprint density at radius 2 is 2.07 bits per heavy atom. The normalized spacial score (nSPS) is 10.7. The summed E-state index contributed by atoms with van der Waals surface area (Å²) in [4.78, 5) is 0. The highest BCUT2D eigenvalue weighted by Crippen LogP contribution is 2.24. The highest BCUT2D eigenvalue weighted by atomic mass is 16.3. The highest BCUT2D eigenvalue weighted by molar-refractivity contribution is 5.37. The molecular formula is C14H20O. The monoisotopic (exact) mass is 204 g/mol. The fraction of sp³-hybridized carbons (Fsp3) is 0.429. The quantitative estimate of drug-likeness (QED) is 0.734. The maximum atomic E-state index is 9.70. The molecule has 82 valence electrons. The minimum Gasteiger partial charge on any atom is -0.508 e. The van der Waals surface area contributed by atoms with Crippen LogP contribution < -0.4 is 0 Å². The molecule has 0 aliphatic rings. The number of hydrogen-bond acceptors (Lipinski definition) is 1. The van der Waals surface area contributed by atoms with Crippen LogP contribution in [0, 0.1) is 0 Å². The third-order valence-electron chi connectivity index (χ3n) is 2.59. The zero-order valence-corrected chi connectivity index (χ0v) is 9.88. The van der Waals surface area contributed by atoms with Crippen LogP contribution in [0.3, 0.4) is 0 Å². The topological polar surface area (TPSA) is 20.2 Å². The maximum absolute atomic E-state index is 9.70. The fourth-order valence-corrected chi connectivity index (χ4v) is 1.51. The minimum atomic E-state index is 0.403. The zero-order chi connectivity index (χ0) is 11.4. The number of aromatic hydroxyl groups is 1. The summed E-state index contributed by atoms with van der Waals surface area (Å²) in [7, 11) is 0. The Labute approximate surface area is 92.5 Å². The first kappa shape index (κ1) is 11.8. The summed E-state index contributed by atoms with van der Waals surface area (Å²) in [5.74, 6) is 0.912. The van der Waals surface area contributed by atoms with E-state index in [0.717, 1.165) is 24.0 Å². The van der Waals surface area contributed by atoms with Crippen LogP contribution in [0.25, 0.3) is 0 Å². The summed E-state index contributed by atoms with van der Waals surface area (Å²) in [6, 6.07) is 5.89. The van der Waals surface area contributed by atoms with Crippen molar-refractivity contribution in [2.24, 2.45) is 0 Å². The fourth-order valence-electron chi connectivity index (χ4n) is 1.51. The van der Waals surface area contributed by atoms with Crippen LogP contribution in [-0.4, -0.2) is 5.11 Å². The van der Waals surface area contributed by atoms with Crippen molar-refractivity contribution in [1.29, 1.82) is 0 Å². The summed E-state index contributed by atoms with van der Waals surface area (Å²) < 4.78 is 0. The van der Waals surface area contributed by atoms with Crippen molar-refractivity contribution >= 4 is 0 Å². The summed E-state index contributed by atoms with van der Waals surface area (Å²) in [5, 5.41) is 9.70.